The number of nitrogens with zero attached hydrogens (tertiary/aromatic N) is 7. The van der Waals surface area contributed by atoms with E-state index in [0.717, 1.165) is 85.8 Å². The average Bonchev–Trinajstić information content (AvgIpc) is 3.44. The summed E-state index contributed by atoms with van der Waals surface area (Å²) in [7, 11) is 1.73. The lowest BCUT2D eigenvalue weighted by Crippen LogP contribution is -2.54. The molecular weight excluding hydrogens is 754 g/mol. The van der Waals surface area contributed by atoms with E-state index in [1.807, 2.05) is 24.3 Å². The van der Waals surface area contributed by atoms with E-state index in [9.17, 15) is 24.0 Å². The minimum Gasteiger partial charge on any atom is -0.480 e. The fourth-order valence-electron chi connectivity index (χ4n) is 8.34. The zero-order chi connectivity index (χ0) is 39.4. The molecule has 57 heavy (non-hydrogen) atoms. The summed E-state index contributed by atoms with van der Waals surface area (Å²) in [5.41, 5.74) is 2.80. The van der Waals surface area contributed by atoms with E-state index in [1.54, 1.807) is 36.0 Å². The maximum Gasteiger partial charge on any atom is 0.293 e. The monoisotopic (exact) mass is 795 g/mol. The largest absolute Gasteiger partial charge is 0.480 e. The van der Waals surface area contributed by atoms with Crippen molar-refractivity contribution in [2.45, 2.75) is 37.8 Å². The van der Waals surface area contributed by atoms with Crippen LogP contribution in [-0.2, 0) is 21.4 Å². The smallest absolute Gasteiger partial charge is 0.293 e. The Balaban J connectivity index is 0.781. The summed E-state index contributed by atoms with van der Waals surface area (Å²) >= 11 is 6.57. The van der Waals surface area contributed by atoms with E-state index >= 15 is 0 Å². The van der Waals surface area contributed by atoms with Crippen molar-refractivity contribution in [3.8, 4) is 5.75 Å². The molecule has 0 bridgehead atoms. The lowest BCUT2D eigenvalue weighted by atomic mass is 9.96. The van der Waals surface area contributed by atoms with Gasteiger partial charge < -0.3 is 29.2 Å². The van der Waals surface area contributed by atoms with Crippen LogP contribution in [0.1, 0.15) is 46.4 Å². The second kappa shape index (κ2) is 15.1. The molecule has 2 N–H and O–H groups in total. The van der Waals surface area contributed by atoms with E-state index in [1.165, 1.54) is 0 Å². The van der Waals surface area contributed by atoms with Crippen molar-refractivity contribution in [2.24, 2.45) is 13.0 Å². The Morgan fingerprint density at radius 3 is 2.40 bits per heavy atom. The van der Waals surface area contributed by atoms with Crippen LogP contribution in [0.15, 0.2) is 53.5 Å². The highest BCUT2D eigenvalue weighted by Gasteiger charge is 2.45. The SMILES string of the molecule is Cn1c(=O)c(OC2COC2)cc2cc(Nc3nc(N4CCC(CN5CCN(c6ccc7c(c6)C(=O)N(C6CCC(=O)NC6=O)C7=O)CC5)CC4)ncc3Cl)ccc21. The number of anilines is 4. The molecule has 0 radical (unpaired) electrons. The number of aromatic nitrogens is 3. The molecular formula is C40H42ClN9O7. The number of pyridine rings is 1. The lowest BCUT2D eigenvalue weighted by Gasteiger charge is -2.39. The second-order valence-corrected chi connectivity index (χ2v) is 15.7. The zero-order valence-electron chi connectivity index (χ0n) is 31.4. The standard InChI is InChI=1S/C40H42ClN9O7/c1-46-31-5-2-25(16-24(31)17-33(39(46)55)57-27-21-56-22-27)43-35-30(41)19-42-40(45-35)49-10-8-23(9-11-49)20-47-12-14-48(15-13-47)26-3-4-28-29(18-26)38(54)50(37(28)53)32-6-7-34(51)44-36(32)52/h2-5,16-19,23,27,32H,6-15,20-22H2,1H3,(H,42,43,45)(H,44,51,52). The fourth-order valence-corrected chi connectivity index (χ4v) is 8.47. The summed E-state index contributed by atoms with van der Waals surface area (Å²) in [6.07, 6.45) is 3.72. The maximum atomic E-state index is 13.3. The van der Waals surface area contributed by atoms with Crippen molar-refractivity contribution in [2.75, 3.05) is 74.1 Å². The number of piperazine rings is 1. The summed E-state index contributed by atoms with van der Waals surface area (Å²) in [4.78, 5) is 80.7. The van der Waals surface area contributed by atoms with Crippen LogP contribution in [0.25, 0.3) is 10.9 Å². The third-order valence-corrected chi connectivity index (χ3v) is 11.9. The highest BCUT2D eigenvalue weighted by Crippen LogP contribution is 2.33. The third-order valence-electron chi connectivity index (χ3n) is 11.7. The van der Waals surface area contributed by atoms with Crippen molar-refractivity contribution >= 4 is 69.3 Å². The predicted molar refractivity (Wildman–Crippen MR) is 211 cm³/mol. The number of rotatable bonds is 9. The molecule has 1 unspecified atom stereocenters. The summed E-state index contributed by atoms with van der Waals surface area (Å²) in [5.74, 6) is -0.0632. The molecule has 0 saturated carbocycles. The van der Waals surface area contributed by atoms with Crippen LogP contribution in [0.4, 0.5) is 23.1 Å². The van der Waals surface area contributed by atoms with Gasteiger partial charge in [-0.3, -0.25) is 39.1 Å². The molecule has 4 saturated heterocycles. The van der Waals surface area contributed by atoms with Gasteiger partial charge in [0.1, 0.15) is 17.2 Å². The van der Waals surface area contributed by atoms with Gasteiger partial charge >= 0.3 is 0 Å². The number of aryl methyl sites for hydroxylation is 1. The van der Waals surface area contributed by atoms with E-state index < -0.39 is 29.7 Å². The van der Waals surface area contributed by atoms with Crippen LogP contribution in [0, 0.1) is 5.92 Å². The number of hydrogen-bond acceptors (Lipinski definition) is 13. The molecule has 5 aliphatic heterocycles. The minimum absolute atomic E-state index is 0.0868. The van der Waals surface area contributed by atoms with E-state index in [-0.39, 0.29) is 30.1 Å². The molecule has 5 aliphatic rings. The average molecular weight is 796 g/mol. The Bertz CT molecular complexity index is 2350. The number of fused-ring (bicyclic) bond motifs is 2. The quantitative estimate of drug-likeness (QED) is 0.237. The molecule has 0 aliphatic carbocycles. The van der Waals surface area contributed by atoms with Gasteiger partial charge in [0, 0.05) is 76.0 Å². The Hall–Kier alpha value is -5.58. The zero-order valence-corrected chi connectivity index (χ0v) is 32.2. The molecule has 296 valence electrons. The number of carbonyl (C=O) groups excluding carboxylic acids is 4. The number of hydrogen-bond donors (Lipinski definition) is 2. The first kappa shape index (κ1) is 37.0. The number of halogens is 1. The topological polar surface area (TPSA) is 172 Å². The fraction of sp³-hybridized carbons (Fsp3) is 0.425. The lowest BCUT2D eigenvalue weighted by molar-refractivity contribution is -0.136. The number of nitrogens with one attached hydrogen (secondary N) is 2. The highest BCUT2D eigenvalue weighted by atomic mass is 35.5. The molecule has 4 amide bonds. The normalized spacial score (nSPS) is 20.9. The van der Waals surface area contributed by atoms with Crippen LogP contribution in [0.3, 0.4) is 0 Å². The molecule has 2 aromatic carbocycles. The molecule has 4 fully saturated rings. The minimum atomic E-state index is -0.980. The van der Waals surface area contributed by atoms with Gasteiger partial charge in [0.25, 0.3) is 17.4 Å². The van der Waals surface area contributed by atoms with E-state index in [0.29, 0.717) is 47.2 Å². The van der Waals surface area contributed by atoms with Gasteiger partial charge in [0.05, 0.1) is 36.1 Å². The maximum absolute atomic E-state index is 13.3. The number of ether oxygens (including phenoxy) is 2. The first-order valence-electron chi connectivity index (χ1n) is 19.4. The van der Waals surface area contributed by atoms with Crippen LogP contribution < -0.4 is 30.7 Å². The Morgan fingerprint density at radius 2 is 1.67 bits per heavy atom. The summed E-state index contributed by atoms with van der Waals surface area (Å²) in [6.45, 7) is 6.89. The van der Waals surface area contributed by atoms with E-state index in [4.69, 9.17) is 26.1 Å². The molecule has 1 atom stereocenters. The number of amides is 4. The van der Waals surface area contributed by atoms with Gasteiger partial charge in [-0.15, -0.1) is 0 Å². The van der Waals surface area contributed by atoms with Gasteiger partial charge in [-0.05, 0) is 67.6 Å². The molecule has 2 aromatic heterocycles. The molecule has 17 heteroatoms. The van der Waals surface area contributed by atoms with Crippen LogP contribution in [0.2, 0.25) is 5.02 Å². The molecule has 16 nitrogen and oxygen atoms in total. The Labute approximate surface area is 332 Å². The number of carbonyl (C=O) groups is 4. The van der Waals surface area contributed by atoms with Crippen molar-refractivity contribution in [1.29, 1.82) is 0 Å². The van der Waals surface area contributed by atoms with Gasteiger partial charge in [-0.25, -0.2) is 4.98 Å². The third kappa shape index (κ3) is 7.17. The van der Waals surface area contributed by atoms with Gasteiger partial charge in [-0.1, -0.05) is 11.6 Å². The Morgan fingerprint density at radius 1 is 0.895 bits per heavy atom. The first-order valence-corrected chi connectivity index (χ1v) is 19.7. The first-order chi connectivity index (χ1) is 27.6. The van der Waals surface area contributed by atoms with Crippen molar-refractivity contribution in [3.05, 3.63) is 75.2 Å². The summed E-state index contributed by atoms with van der Waals surface area (Å²) in [5, 5.41) is 6.82. The van der Waals surface area contributed by atoms with Crippen LogP contribution in [0.5, 0.6) is 5.75 Å². The summed E-state index contributed by atoms with van der Waals surface area (Å²) in [6, 6.07) is 11.8. The molecule has 9 rings (SSSR count). The highest BCUT2D eigenvalue weighted by molar-refractivity contribution is 6.33. The molecule has 7 heterocycles. The predicted octanol–water partition coefficient (Wildman–Crippen LogP) is 2.94. The number of piperidine rings is 2. The van der Waals surface area contributed by atoms with Crippen molar-refractivity contribution < 1.29 is 28.7 Å². The Kier molecular flexibility index (Phi) is 9.78. The summed E-state index contributed by atoms with van der Waals surface area (Å²) < 4.78 is 12.7. The van der Waals surface area contributed by atoms with Crippen molar-refractivity contribution in [1.82, 2.24) is 29.7 Å². The van der Waals surface area contributed by atoms with Gasteiger partial charge in [0.2, 0.25) is 17.8 Å². The van der Waals surface area contributed by atoms with Gasteiger partial charge in [0.15, 0.2) is 11.6 Å². The molecule has 0 spiro atoms. The van der Waals surface area contributed by atoms with Crippen LogP contribution >= 0.6 is 11.6 Å². The second-order valence-electron chi connectivity index (χ2n) is 15.3. The molecule has 4 aromatic rings. The van der Waals surface area contributed by atoms with E-state index in [2.05, 4.69) is 30.3 Å². The number of imide groups is 2. The number of benzene rings is 2. The van der Waals surface area contributed by atoms with Crippen LogP contribution in [-0.4, -0.2) is 119 Å². The van der Waals surface area contributed by atoms with Crippen molar-refractivity contribution in [3.63, 3.8) is 0 Å². The van der Waals surface area contributed by atoms with Gasteiger partial charge in [-0.2, -0.15) is 4.98 Å².